The van der Waals surface area contributed by atoms with Gasteiger partial charge in [0.25, 0.3) is 6.43 Å². The van der Waals surface area contributed by atoms with Gasteiger partial charge in [-0.1, -0.05) is 18.2 Å². The number of carbonyl (C=O) groups excluding carboxylic acids is 1. The summed E-state index contributed by atoms with van der Waals surface area (Å²) in [5, 5.41) is 5.94. The van der Waals surface area contributed by atoms with Gasteiger partial charge in [-0.3, -0.25) is 4.79 Å². The number of halogens is 2. The van der Waals surface area contributed by atoms with Crippen LogP contribution < -0.4 is 10.6 Å². The van der Waals surface area contributed by atoms with Gasteiger partial charge in [-0.25, -0.2) is 8.78 Å². The molecule has 0 spiro atoms. The first-order valence-electron chi connectivity index (χ1n) is 6.47. The summed E-state index contributed by atoms with van der Waals surface area (Å²) in [6, 6.07) is 6.24. The minimum absolute atomic E-state index is 0.00869. The molecule has 0 saturated heterocycles. The van der Waals surface area contributed by atoms with Gasteiger partial charge < -0.3 is 10.6 Å². The van der Waals surface area contributed by atoms with Crippen LogP contribution in [0.3, 0.4) is 0 Å². The van der Waals surface area contributed by atoms with Gasteiger partial charge in [0.2, 0.25) is 5.91 Å². The minimum atomic E-state index is -2.46. The third-order valence-electron chi connectivity index (χ3n) is 3.13. The van der Waals surface area contributed by atoms with Gasteiger partial charge in [-0.15, -0.1) is 0 Å². The molecule has 1 unspecified atom stereocenters. The first-order chi connectivity index (χ1) is 9.06. The zero-order valence-corrected chi connectivity index (χ0v) is 10.8. The number of rotatable bonds is 6. The van der Waals surface area contributed by atoms with Crippen molar-refractivity contribution in [1.29, 1.82) is 0 Å². The van der Waals surface area contributed by atoms with Crippen LogP contribution in [-0.2, 0) is 11.3 Å². The molecular weight excluding hydrogens is 250 g/mol. The van der Waals surface area contributed by atoms with Crippen molar-refractivity contribution >= 4 is 5.91 Å². The molecule has 1 saturated carbocycles. The van der Waals surface area contributed by atoms with Crippen molar-refractivity contribution < 1.29 is 13.6 Å². The average Bonchev–Trinajstić information content (AvgIpc) is 3.20. The van der Waals surface area contributed by atoms with Crippen LogP contribution in [0.15, 0.2) is 24.3 Å². The Hall–Kier alpha value is -1.49. The van der Waals surface area contributed by atoms with Gasteiger partial charge >= 0.3 is 0 Å². The molecule has 3 nitrogen and oxygen atoms in total. The summed E-state index contributed by atoms with van der Waals surface area (Å²) in [5.41, 5.74) is 0.762. The molecular formula is C14H18F2N2O. The highest BCUT2D eigenvalue weighted by Crippen LogP contribution is 2.20. The number of amides is 1. The Morgan fingerprint density at radius 1 is 1.42 bits per heavy atom. The minimum Gasteiger partial charge on any atom is -0.352 e. The van der Waals surface area contributed by atoms with Gasteiger partial charge in [0, 0.05) is 18.2 Å². The Kier molecular flexibility index (Phi) is 4.47. The third-order valence-corrected chi connectivity index (χ3v) is 3.13. The lowest BCUT2D eigenvalue weighted by Gasteiger charge is -2.14. The normalized spacial score (nSPS) is 16.4. The number of nitrogens with one attached hydrogen (secondary N) is 2. The predicted molar refractivity (Wildman–Crippen MR) is 68.9 cm³/mol. The van der Waals surface area contributed by atoms with E-state index >= 15 is 0 Å². The first-order valence-corrected chi connectivity index (χ1v) is 6.47. The van der Waals surface area contributed by atoms with E-state index in [1.54, 1.807) is 19.1 Å². The van der Waals surface area contributed by atoms with Gasteiger partial charge in [0.15, 0.2) is 0 Å². The monoisotopic (exact) mass is 268 g/mol. The van der Waals surface area contributed by atoms with E-state index in [0.717, 1.165) is 18.4 Å². The molecule has 1 fully saturated rings. The number of hydrogen-bond acceptors (Lipinski definition) is 2. The number of carbonyl (C=O) groups is 1. The molecule has 0 heterocycles. The molecule has 0 radical (unpaired) electrons. The van der Waals surface area contributed by atoms with E-state index in [1.807, 2.05) is 0 Å². The molecule has 1 aromatic carbocycles. The second kappa shape index (κ2) is 6.10. The summed E-state index contributed by atoms with van der Waals surface area (Å²) < 4.78 is 25.1. The van der Waals surface area contributed by atoms with E-state index in [1.165, 1.54) is 12.1 Å². The smallest absolute Gasteiger partial charge is 0.263 e. The largest absolute Gasteiger partial charge is 0.352 e. The lowest BCUT2D eigenvalue weighted by atomic mass is 10.1. The summed E-state index contributed by atoms with van der Waals surface area (Å²) in [7, 11) is 0. The summed E-state index contributed by atoms with van der Waals surface area (Å²) >= 11 is 0. The average molecular weight is 268 g/mol. The number of alkyl halides is 2. The quantitative estimate of drug-likeness (QED) is 0.831. The Labute approximate surface area is 111 Å². The highest BCUT2D eigenvalue weighted by atomic mass is 19.3. The fraction of sp³-hybridized carbons (Fsp3) is 0.500. The van der Waals surface area contributed by atoms with Gasteiger partial charge in [-0.05, 0) is 31.4 Å². The van der Waals surface area contributed by atoms with Crippen LogP contribution in [-0.4, -0.2) is 18.0 Å². The standard InChI is InChI=1S/C14H18F2N2O/c1-9(14(19)18-12-5-6-12)17-8-10-3-2-4-11(7-10)13(15)16/h2-4,7,9,12-13,17H,5-6,8H2,1H3,(H,18,19). The Morgan fingerprint density at radius 3 is 2.79 bits per heavy atom. The summed E-state index contributed by atoms with van der Waals surface area (Å²) in [6.45, 7) is 2.18. The molecule has 0 bridgehead atoms. The van der Waals surface area contributed by atoms with Crippen molar-refractivity contribution in [3.63, 3.8) is 0 Å². The highest BCUT2D eigenvalue weighted by molar-refractivity contribution is 5.81. The molecule has 1 aliphatic carbocycles. The van der Waals surface area contributed by atoms with E-state index in [4.69, 9.17) is 0 Å². The second-order valence-electron chi connectivity index (χ2n) is 4.93. The maximum absolute atomic E-state index is 12.5. The summed E-state index contributed by atoms with van der Waals surface area (Å²) in [6.07, 6.45) is -0.361. The lowest BCUT2D eigenvalue weighted by molar-refractivity contribution is -0.122. The molecule has 2 N–H and O–H groups in total. The van der Waals surface area contributed by atoms with Crippen molar-refractivity contribution in [2.75, 3.05) is 0 Å². The Bertz CT molecular complexity index is 447. The molecule has 1 aliphatic rings. The van der Waals surface area contributed by atoms with Crippen LogP contribution in [0.1, 0.15) is 37.3 Å². The number of hydrogen-bond donors (Lipinski definition) is 2. The van der Waals surface area contributed by atoms with Crippen molar-refractivity contribution in [2.24, 2.45) is 0 Å². The van der Waals surface area contributed by atoms with E-state index in [2.05, 4.69) is 10.6 Å². The van der Waals surface area contributed by atoms with Crippen molar-refractivity contribution in [2.45, 2.75) is 44.8 Å². The van der Waals surface area contributed by atoms with Crippen molar-refractivity contribution in [1.82, 2.24) is 10.6 Å². The Morgan fingerprint density at radius 2 is 2.16 bits per heavy atom. The molecule has 0 aromatic heterocycles. The molecule has 1 aromatic rings. The molecule has 1 amide bonds. The van der Waals surface area contributed by atoms with Crippen LogP contribution >= 0.6 is 0 Å². The highest BCUT2D eigenvalue weighted by Gasteiger charge is 2.25. The number of benzene rings is 1. The van der Waals surface area contributed by atoms with E-state index in [9.17, 15) is 13.6 Å². The van der Waals surface area contributed by atoms with E-state index in [-0.39, 0.29) is 17.5 Å². The van der Waals surface area contributed by atoms with Crippen molar-refractivity contribution in [3.8, 4) is 0 Å². The van der Waals surface area contributed by atoms with E-state index < -0.39 is 6.43 Å². The predicted octanol–water partition coefficient (Wildman–Crippen LogP) is 2.38. The first kappa shape index (κ1) is 13.9. The van der Waals surface area contributed by atoms with Gasteiger partial charge in [-0.2, -0.15) is 0 Å². The molecule has 2 rings (SSSR count). The summed E-state index contributed by atoms with van der Waals surface area (Å²) in [4.78, 5) is 11.7. The van der Waals surface area contributed by atoms with Crippen LogP contribution in [0.4, 0.5) is 8.78 Å². The Balaban J connectivity index is 1.83. The fourth-order valence-electron chi connectivity index (χ4n) is 1.76. The SMILES string of the molecule is CC(NCc1cccc(C(F)F)c1)C(=O)NC1CC1. The molecule has 19 heavy (non-hydrogen) atoms. The fourth-order valence-corrected chi connectivity index (χ4v) is 1.76. The molecule has 0 aliphatic heterocycles. The van der Waals surface area contributed by atoms with Gasteiger partial charge in [0.1, 0.15) is 0 Å². The van der Waals surface area contributed by atoms with Crippen LogP contribution in [0, 0.1) is 0 Å². The van der Waals surface area contributed by atoms with Crippen LogP contribution in [0.2, 0.25) is 0 Å². The van der Waals surface area contributed by atoms with Crippen molar-refractivity contribution in [3.05, 3.63) is 35.4 Å². The zero-order valence-electron chi connectivity index (χ0n) is 10.8. The topological polar surface area (TPSA) is 41.1 Å². The third kappa shape index (κ3) is 4.28. The van der Waals surface area contributed by atoms with E-state index in [0.29, 0.717) is 12.6 Å². The maximum atomic E-state index is 12.5. The summed E-state index contributed by atoms with van der Waals surface area (Å²) in [5.74, 6) is -0.0347. The molecule has 104 valence electrons. The second-order valence-corrected chi connectivity index (χ2v) is 4.93. The lowest BCUT2D eigenvalue weighted by Crippen LogP contribution is -2.42. The van der Waals surface area contributed by atoms with Gasteiger partial charge in [0.05, 0.1) is 6.04 Å². The molecule has 5 heteroatoms. The maximum Gasteiger partial charge on any atom is 0.263 e. The molecule has 1 atom stereocenters. The zero-order chi connectivity index (χ0) is 13.8. The van der Waals surface area contributed by atoms with Crippen LogP contribution in [0.25, 0.3) is 0 Å². The van der Waals surface area contributed by atoms with Crippen LogP contribution in [0.5, 0.6) is 0 Å².